The molecule has 2 aliphatic carbocycles. The summed E-state index contributed by atoms with van der Waals surface area (Å²) in [5, 5.41) is 3.88. The van der Waals surface area contributed by atoms with Crippen LogP contribution < -0.4 is 5.32 Å². The van der Waals surface area contributed by atoms with Crippen molar-refractivity contribution in [3.63, 3.8) is 0 Å². The van der Waals surface area contributed by atoms with Crippen LogP contribution in [0.4, 0.5) is 0 Å². The van der Waals surface area contributed by atoms with Crippen molar-refractivity contribution in [2.75, 3.05) is 39.9 Å². The van der Waals surface area contributed by atoms with E-state index < -0.39 is 0 Å². The summed E-state index contributed by atoms with van der Waals surface area (Å²) in [4.78, 5) is 2.71. The Morgan fingerprint density at radius 2 is 1.92 bits per heavy atom. The summed E-state index contributed by atoms with van der Waals surface area (Å²) in [6, 6.07) is 11.7. The van der Waals surface area contributed by atoms with Gasteiger partial charge in [0.25, 0.3) is 0 Å². The van der Waals surface area contributed by atoms with Crippen LogP contribution in [0.2, 0.25) is 0 Å². The molecule has 25 heavy (non-hydrogen) atoms. The van der Waals surface area contributed by atoms with Gasteiger partial charge in [0.15, 0.2) is 0 Å². The van der Waals surface area contributed by atoms with E-state index in [0.29, 0.717) is 11.5 Å². The highest BCUT2D eigenvalue weighted by Gasteiger charge is 2.41. The average Bonchev–Trinajstić information content (AvgIpc) is 3.39. The molecule has 138 valence electrons. The third-order valence-electron chi connectivity index (χ3n) is 6.87. The number of likely N-dealkylation sites (tertiary alicyclic amines) is 1. The Kier molecular flexibility index (Phi) is 5.44. The molecule has 1 aliphatic heterocycles. The van der Waals surface area contributed by atoms with Crippen molar-refractivity contribution in [3.05, 3.63) is 35.9 Å². The van der Waals surface area contributed by atoms with E-state index in [1.807, 2.05) is 7.11 Å². The largest absolute Gasteiger partial charge is 0.384 e. The number of nitrogens with zero attached hydrogens (tertiary/aromatic N) is 1. The van der Waals surface area contributed by atoms with Crippen LogP contribution in [0.1, 0.15) is 50.0 Å². The van der Waals surface area contributed by atoms with Crippen LogP contribution in [0, 0.1) is 11.3 Å². The number of ether oxygens (including phenoxy) is 1. The zero-order chi connectivity index (χ0) is 17.1. The van der Waals surface area contributed by atoms with E-state index in [9.17, 15) is 0 Å². The molecule has 3 heteroatoms. The van der Waals surface area contributed by atoms with Crippen LogP contribution in [0.15, 0.2) is 30.3 Å². The quantitative estimate of drug-likeness (QED) is 0.780. The number of hydrogen-bond donors (Lipinski definition) is 1. The maximum absolute atomic E-state index is 5.64. The Morgan fingerprint density at radius 3 is 2.56 bits per heavy atom. The predicted molar refractivity (Wildman–Crippen MR) is 103 cm³/mol. The van der Waals surface area contributed by atoms with E-state index in [1.54, 1.807) is 0 Å². The fourth-order valence-electron chi connectivity index (χ4n) is 4.77. The Balaban J connectivity index is 1.25. The molecule has 0 radical (unpaired) electrons. The van der Waals surface area contributed by atoms with Gasteiger partial charge in [0.2, 0.25) is 0 Å². The topological polar surface area (TPSA) is 24.5 Å². The predicted octanol–water partition coefficient (Wildman–Crippen LogP) is 3.66. The van der Waals surface area contributed by atoms with E-state index in [-0.39, 0.29) is 0 Å². The van der Waals surface area contributed by atoms with Crippen molar-refractivity contribution in [2.45, 2.75) is 50.5 Å². The van der Waals surface area contributed by atoms with Crippen molar-refractivity contribution in [1.29, 1.82) is 0 Å². The van der Waals surface area contributed by atoms with Crippen LogP contribution in [0.25, 0.3) is 0 Å². The molecule has 1 N–H and O–H groups in total. The minimum Gasteiger partial charge on any atom is -0.384 e. The van der Waals surface area contributed by atoms with Crippen molar-refractivity contribution in [3.8, 4) is 0 Å². The second kappa shape index (κ2) is 7.77. The van der Waals surface area contributed by atoms with E-state index in [1.165, 1.54) is 63.7 Å². The molecule has 0 unspecified atom stereocenters. The molecular formula is C22H34N2O. The number of piperidine rings is 1. The van der Waals surface area contributed by atoms with Gasteiger partial charge in [-0.15, -0.1) is 0 Å². The summed E-state index contributed by atoms with van der Waals surface area (Å²) in [6.45, 7) is 5.88. The lowest BCUT2D eigenvalue weighted by atomic mass is 9.78. The summed E-state index contributed by atoms with van der Waals surface area (Å²) < 4.78 is 5.64. The Morgan fingerprint density at radius 1 is 1.16 bits per heavy atom. The molecule has 4 rings (SSSR count). The average molecular weight is 343 g/mol. The van der Waals surface area contributed by atoms with Crippen molar-refractivity contribution < 1.29 is 4.74 Å². The Bertz CT molecular complexity index is 534. The SMILES string of the molecule is COCC1(CN[C@@H]2C[C@H]2c2ccccc2)CCN(CC2CCC2)CC1. The van der Waals surface area contributed by atoms with Gasteiger partial charge in [0, 0.05) is 37.6 Å². The summed E-state index contributed by atoms with van der Waals surface area (Å²) in [5.74, 6) is 1.71. The normalized spacial score (nSPS) is 29.3. The van der Waals surface area contributed by atoms with Gasteiger partial charge in [0.05, 0.1) is 6.61 Å². The van der Waals surface area contributed by atoms with E-state index in [0.717, 1.165) is 25.0 Å². The number of hydrogen-bond acceptors (Lipinski definition) is 3. The molecule has 3 nitrogen and oxygen atoms in total. The molecule has 1 aromatic rings. The molecular weight excluding hydrogens is 308 g/mol. The Hall–Kier alpha value is -0.900. The van der Waals surface area contributed by atoms with Gasteiger partial charge in [-0.25, -0.2) is 0 Å². The third kappa shape index (κ3) is 4.27. The molecule has 0 spiro atoms. The molecule has 0 aromatic heterocycles. The first-order valence-electron chi connectivity index (χ1n) is 10.3. The summed E-state index contributed by atoms with van der Waals surface area (Å²) in [5.41, 5.74) is 1.84. The first-order chi connectivity index (χ1) is 12.3. The van der Waals surface area contributed by atoms with Crippen LogP contribution in [0.3, 0.4) is 0 Å². The highest BCUT2D eigenvalue weighted by atomic mass is 16.5. The second-order valence-corrected chi connectivity index (χ2v) is 8.77. The van der Waals surface area contributed by atoms with Gasteiger partial charge in [-0.05, 0) is 56.7 Å². The molecule has 0 bridgehead atoms. The van der Waals surface area contributed by atoms with Gasteiger partial charge >= 0.3 is 0 Å². The van der Waals surface area contributed by atoms with Gasteiger partial charge in [0.1, 0.15) is 0 Å². The molecule has 2 atom stereocenters. The van der Waals surface area contributed by atoms with Gasteiger partial charge in [-0.2, -0.15) is 0 Å². The first kappa shape index (κ1) is 17.5. The molecule has 2 saturated carbocycles. The third-order valence-corrected chi connectivity index (χ3v) is 6.87. The summed E-state index contributed by atoms with van der Waals surface area (Å²) in [7, 11) is 1.87. The first-order valence-corrected chi connectivity index (χ1v) is 10.3. The lowest BCUT2D eigenvalue weighted by molar-refractivity contribution is 0.0138. The van der Waals surface area contributed by atoms with Crippen LogP contribution in [-0.4, -0.2) is 50.8 Å². The summed E-state index contributed by atoms with van der Waals surface area (Å²) in [6.07, 6.45) is 8.24. The maximum Gasteiger partial charge on any atom is 0.0531 e. The van der Waals surface area contributed by atoms with Gasteiger partial charge < -0.3 is 15.0 Å². The minimum atomic E-state index is 0.342. The van der Waals surface area contributed by atoms with E-state index >= 15 is 0 Å². The standard InChI is InChI=1S/C22H34N2O/c1-25-17-22(10-12-24(13-11-22)15-18-6-5-7-18)16-23-21-14-20(21)19-8-3-2-4-9-19/h2-4,8-9,18,20-21,23H,5-7,10-17H2,1H3/t20-,21+/m0/s1. The van der Waals surface area contributed by atoms with Crippen molar-refractivity contribution in [2.24, 2.45) is 11.3 Å². The second-order valence-electron chi connectivity index (χ2n) is 8.77. The van der Waals surface area contributed by atoms with Gasteiger partial charge in [-0.3, -0.25) is 0 Å². The van der Waals surface area contributed by atoms with Crippen LogP contribution >= 0.6 is 0 Å². The van der Waals surface area contributed by atoms with E-state index in [2.05, 4.69) is 40.5 Å². The molecule has 3 aliphatic rings. The zero-order valence-electron chi connectivity index (χ0n) is 15.8. The smallest absolute Gasteiger partial charge is 0.0531 e. The molecule has 3 fully saturated rings. The maximum atomic E-state index is 5.64. The number of benzene rings is 1. The Labute approximate surface area is 153 Å². The molecule has 1 heterocycles. The van der Waals surface area contributed by atoms with Crippen LogP contribution in [0.5, 0.6) is 0 Å². The molecule has 1 saturated heterocycles. The van der Waals surface area contributed by atoms with E-state index in [4.69, 9.17) is 4.74 Å². The highest BCUT2D eigenvalue weighted by Crippen LogP contribution is 2.42. The zero-order valence-corrected chi connectivity index (χ0v) is 15.8. The monoisotopic (exact) mass is 342 g/mol. The fourth-order valence-corrected chi connectivity index (χ4v) is 4.77. The summed E-state index contributed by atoms with van der Waals surface area (Å²) >= 11 is 0. The number of methoxy groups -OCH3 is 1. The minimum absolute atomic E-state index is 0.342. The van der Waals surface area contributed by atoms with Gasteiger partial charge in [-0.1, -0.05) is 36.8 Å². The lowest BCUT2D eigenvalue weighted by Crippen LogP contribution is -2.49. The number of nitrogens with one attached hydrogen (secondary N) is 1. The van der Waals surface area contributed by atoms with Crippen molar-refractivity contribution >= 4 is 0 Å². The highest BCUT2D eigenvalue weighted by molar-refractivity contribution is 5.27. The molecule has 0 amide bonds. The van der Waals surface area contributed by atoms with Crippen LogP contribution in [-0.2, 0) is 4.74 Å². The van der Waals surface area contributed by atoms with Crippen molar-refractivity contribution in [1.82, 2.24) is 10.2 Å². The number of rotatable bonds is 8. The lowest BCUT2D eigenvalue weighted by Gasteiger charge is -2.43. The fraction of sp³-hybridized carbons (Fsp3) is 0.727. The molecule has 1 aromatic carbocycles.